The van der Waals surface area contributed by atoms with Crippen molar-refractivity contribution >= 4 is 23.4 Å². The summed E-state index contributed by atoms with van der Waals surface area (Å²) in [6.45, 7) is 1.84. The molecule has 0 amide bonds. The maximum atomic E-state index is 12.2. The first-order valence-corrected chi connectivity index (χ1v) is 7.05. The van der Waals surface area contributed by atoms with Crippen molar-refractivity contribution in [3.63, 3.8) is 0 Å². The Morgan fingerprint density at radius 1 is 1.38 bits per heavy atom. The predicted molar refractivity (Wildman–Crippen MR) is 79.4 cm³/mol. The highest BCUT2D eigenvalue weighted by atomic mass is 32.1. The molecule has 0 aromatic carbocycles. The summed E-state index contributed by atoms with van der Waals surface area (Å²) in [5.41, 5.74) is 1.96. The summed E-state index contributed by atoms with van der Waals surface area (Å²) in [6, 6.07) is 5.55. The summed E-state index contributed by atoms with van der Waals surface area (Å²) < 4.78 is 5.38. The minimum Gasteiger partial charge on any atom is -0.289 e. The molecule has 0 saturated heterocycles. The van der Waals surface area contributed by atoms with Crippen LogP contribution >= 0.6 is 11.5 Å². The van der Waals surface area contributed by atoms with Crippen molar-refractivity contribution in [3.05, 3.63) is 59.0 Å². The SMILES string of the molecule is Cc1c(C(=O)C=Cc2csnn2)cnn1-c1ccccn1. The second-order valence-corrected chi connectivity index (χ2v) is 4.88. The number of ketones is 1. The van der Waals surface area contributed by atoms with Gasteiger partial charge in [-0.2, -0.15) is 5.10 Å². The first-order valence-electron chi connectivity index (χ1n) is 6.21. The van der Waals surface area contributed by atoms with Gasteiger partial charge in [-0.3, -0.25) is 4.79 Å². The Balaban J connectivity index is 1.87. The average Bonchev–Trinajstić information content (AvgIpc) is 3.15. The Bertz CT molecular complexity index is 777. The Morgan fingerprint density at radius 3 is 3.00 bits per heavy atom. The van der Waals surface area contributed by atoms with Gasteiger partial charge in [-0.25, -0.2) is 9.67 Å². The topological polar surface area (TPSA) is 73.6 Å². The molecule has 3 aromatic heterocycles. The number of nitrogens with zero attached hydrogens (tertiary/aromatic N) is 5. The number of rotatable bonds is 4. The summed E-state index contributed by atoms with van der Waals surface area (Å²) >= 11 is 1.24. The van der Waals surface area contributed by atoms with Crippen LogP contribution in [0.5, 0.6) is 0 Å². The van der Waals surface area contributed by atoms with Crippen LogP contribution in [0, 0.1) is 6.92 Å². The van der Waals surface area contributed by atoms with Crippen LogP contribution in [0.3, 0.4) is 0 Å². The molecule has 0 aliphatic carbocycles. The lowest BCUT2D eigenvalue weighted by atomic mass is 10.1. The monoisotopic (exact) mass is 297 g/mol. The van der Waals surface area contributed by atoms with Crippen LogP contribution < -0.4 is 0 Å². The molecule has 3 rings (SSSR count). The van der Waals surface area contributed by atoms with Gasteiger partial charge in [0.05, 0.1) is 23.1 Å². The molecule has 0 radical (unpaired) electrons. The van der Waals surface area contributed by atoms with Gasteiger partial charge >= 0.3 is 0 Å². The summed E-state index contributed by atoms with van der Waals surface area (Å²) in [4.78, 5) is 16.4. The molecular formula is C14H11N5OS. The molecule has 0 N–H and O–H groups in total. The van der Waals surface area contributed by atoms with E-state index < -0.39 is 0 Å². The van der Waals surface area contributed by atoms with Crippen LogP contribution in [0.4, 0.5) is 0 Å². The third-order valence-electron chi connectivity index (χ3n) is 2.92. The number of allylic oxidation sites excluding steroid dienone is 1. The number of hydrogen-bond donors (Lipinski definition) is 0. The predicted octanol–water partition coefficient (Wildman–Crippen LogP) is 2.32. The molecule has 0 aliphatic heterocycles. The molecule has 0 fully saturated rings. The minimum atomic E-state index is -0.123. The summed E-state index contributed by atoms with van der Waals surface area (Å²) in [5.74, 6) is 0.560. The van der Waals surface area contributed by atoms with Gasteiger partial charge in [0, 0.05) is 11.6 Å². The third-order valence-corrected chi connectivity index (χ3v) is 3.45. The summed E-state index contributed by atoms with van der Waals surface area (Å²) in [5, 5.41) is 9.85. The normalized spacial score (nSPS) is 11.1. The van der Waals surface area contributed by atoms with Gasteiger partial charge in [0.25, 0.3) is 0 Å². The standard InChI is InChI=1S/C14H11N5OS/c1-10-12(13(20)6-5-11-9-21-18-17-11)8-16-19(10)14-4-2-3-7-15-14/h2-9H,1H3. The average molecular weight is 297 g/mol. The molecule has 3 aromatic rings. The van der Waals surface area contributed by atoms with Crippen LogP contribution in [0.1, 0.15) is 21.7 Å². The molecule has 0 bridgehead atoms. The zero-order chi connectivity index (χ0) is 14.7. The smallest absolute Gasteiger partial charge is 0.189 e. The van der Waals surface area contributed by atoms with Gasteiger partial charge in [-0.05, 0) is 42.7 Å². The van der Waals surface area contributed by atoms with Crippen LogP contribution in [0.25, 0.3) is 11.9 Å². The van der Waals surface area contributed by atoms with Crippen molar-refractivity contribution in [2.24, 2.45) is 0 Å². The Labute approximate surface area is 124 Å². The summed E-state index contributed by atoms with van der Waals surface area (Å²) in [6.07, 6.45) is 6.36. The number of carbonyl (C=O) groups excluding carboxylic acids is 1. The van der Waals surface area contributed by atoms with Gasteiger partial charge in [0.1, 0.15) is 0 Å². The maximum absolute atomic E-state index is 12.2. The van der Waals surface area contributed by atoms with Crippen molar-refractivity contribution in [1.82, 2.24) is 24.4 Å². The molecular weight excluding hydrogens is 286 g/mol. The molecule has 0 atom stereocenters. The maximum Gasteiger partial charge on any atom is 0.189 e. The molecule has 0 unspecified atom stereocenters. The number of hydrogen-bond acceptors (Lipinski definition) is 6. The quantitative estimate of drug-likeness (QED) is 0.546. The number of pyridine rings is 1. The van der Waals surface area contributed by atoms with Crippen molar-refractivity contribution in [3.8, 4) is 5.82 Å². The Kier molecular flexibility index (Phi) is 3.65. The van der Waals surface area contributed by atoms with Crippen LogP contribution in [-0.4, -0.2) is 30.1 Å². The molecule has 7 heteroatoms. The number of carbonyl (C=O) groups is 1. The van der Waals surface area contributed by atoms with Crippen molar-refractivity contribution in [2.75, 3.05) is 0 Å². The zero-order valence-electron chi connectivity index (χ0n) is 11.2. The lowest BCUT2D eigenvalue weighted by molar-refractivity contribution is 0.104. The van der Waals surface area contributed by atoms with E-state index in [2.05, 4.69) is 19.7 Å². The fourth-order valence-electron chi connectivity index (χ4n) is 1.86. The molecule has 0 aliphatic rings. The van der Waals surface area contributed by atoms with E-state index in [9.17, 15) is 4.79 Å². The molecule has 21 heavy (non-hydrogen) atoms. The van der Waals surface area contributed by atoms with Crippen molar-refractivity contribution < 1.29 is 4.79 Å². The fraction of sp³-hybridized carbons (Fsp3) is 0.0714. The summed E-state index contributed by atoms with van der Waals surface area (Å²) in [7, 11) is 0. The van der Waals surface area contributed by atoms with E-state index in [1.807, 2.05) is 25.1 Å². The molecule has 3 heterocycles. The van der Waals surface area contributed by atoms with Crippen LogP contribution in [-0.2, 0) is 0 Å². The van der Waals surface area contributed by atoms with Gasteiger partial charge < -0.3 is 0 Å². The lowest BCUT2D eigenvalue weighted by Crippen LogP contribution is -2.03. The minimum absolute atomic E-state index is 0.123. The largest absolute Gasteiger partial charge is 0.289 e. The Hall–Kier alpha value is -2.67. The highest BCUT2D eigenvalue weighted by molar-refractivity contribution is 7.03. The zero-order valence-corrected chi connectivity index (χ0v) is 12.0. The second kappa shape index (κ2) is 5.76. The van der Waals surface area contributed by atoms with Crippen molar-refractivity contribution in [2.45, 2.75) is 6.92 Å². The van der Waals surface area contributed by atoms with Gasteiger partial charge in [0.15, 0.2) is 11.6 Å². The lowest BCUT2D eigenvalue weighted by Gasteiger charge is -2.02. The van der Waals surface area contributed by atoms with Crippen LogP contribution in [0.2, 0.25) is 0 Å². The fourth-order valence-corrected chi connectivity index (χ4v) is 2.28. The van der Waals surface area contributed by atoms with Crippen molar-refractivity contribution in [1.29, 1.82) is 0 Å². The molecule has 104 valence electrons. The Morgan fingerprint density at radius 2 is 2.29 bits per heavy atom. The van der Waals surface area contributed by atoms with E-state index in [-0.39, 0.29) is 5.78 Å². The first-order chi connectivity index (χ1) is 10.3. The third kappa shape index (κ3) is 2.77. The van der Waals surface area contributed by atoms with E-state index >= 15 is 0 Å². The van der Waals surface area contributed by atoms with E-state index in [1.165, 1.54) is 17.6 Å². The van der Waals surface area contributed by atoms with E-state index in [4.69, 9.17) is 0 Å². The molecule has 6 nitrogen and oxygen atoms in total. The highest BCUT2D eigenvalue weighted by Gasteiger charge is 2.13. The first kappa shape index (κ1) is 13.3. The van der Waals surface area contributed by atoms with Gasteiger partial charge in [0.2, 0.25) is 0 Å². The van der Waals surface area contributed by atoms with Crippen LogP contribution in [0.15, 0.2) is 42.0 Å². The molecule has 0 saturated carbocycles. The van der Waals surface area contributed by atoms with Gasteiger partial charge in [-0.1, -0.05) is 10.6 Å². The van der Waals surface area contributed by atoms with E-state index in [0.29, 0.717) is 17.1 Å². The number of aromatic nitrogens is 5. The van der Waals surface area contributed by atoms with Gasteiger partial charge in [-0.15, -0.1) is 5.10 Å². The molecule has 0 spiro atoms. The second-order valence-electron chi connectivity index (χ2n) is 4.27. The van der Waals surface area contributed by atoms with E-state index in [0.717, 1.165) is 5.69 Å². The highest BCUT2D eigenvalue weighted by Crippen LogP contribution is 2.13. The van der Waals surface area contributed by atoms with E-state index in [1.54, 1.807) is 28.5 Å².